The Morgan fingerprint density at radius 3 is 2.74 bits per heavy atom. The van der Waals surface area contributed by atoms with Gasteiger partial charge in [0.2, 0.25) is 0 Å². The van der Waals surface area contributed by atoms with Gasteiger partial charge in [0, 0.05) is 0 Å². The summed E-state index contributed by atoms with van der Waals surface area (Å²) in [5.41, 5.74) is 7.22. The topological polar surface area (TPSA) is 52.3 Å². The molecule has 19 heavy (non-hydrogen) atoms. The highest BCUT2D eigenvalue weighted by molar-refractivity contribution is 5.89. The Morgan fingerprint density at radius 2 is 2.00 bits per heavy atom. The van der Waals surface area contributed by atoms with Crippen LogP contribution >= 0.6 is 0 Å². The molecule has 0 heterocycles. The van der Waals surface area contributed by atoms with Crippen molar-refractivity contribution in [1.29, 1.82) is 0 Å². The summed E-state index contributed by atoms with van der Waals surface area (Å²) < 4.78 is 5.27. The van der Waals surface area contributed by atoms with Crippen molar-refractivity contribution in [3.63, 3.8) is 0 Å². The predicted molar refractivity (Wildman–Crippen MR) is 78.2 cm³/mol. The van der Waals surface area contributed by atoms with E-state index in [0.29, 0.717) is 18.7 Å². The second-order valence-corrected chi connectivity index (χ2v) is 4.79. The zero-order valence-corrected chi connectivity index (χ0v) is 11.9. The van der Waals surface area contributed by atoms with Crippen molar-refractivity contribution < 1.29 is 9.53 Å². The van der Waals surface area contributed by atoms with E-state index >= 15 is 0 Å². The van der Waals surface area contributed by atoms with E-state index in [9.17, 15) is 4.79 Å². The summed E-state index contributed by atoms with van der Waals surface area (Å²) in [5.74, 6) is -0.227. The van der Waals surface area contributed by atoms with Gasteiger partial charge in [-0.2, -0.15) is 0 Å². The smallest absolute Gasteiger partial charge is 0.338 e. The van der Waals surface area contributed by atoms with Gasteiger partial charge >= 0.3 is 5.97 Å². The third-order valence-corrected chi connectivity index (χ3v) is 3.08. The van der Waals surface area contributed by atoms with Gasteiger partial charge in [-0.1, -0.05) is 44.7 Å². The zero-order chi connectivity index (χ0) is 13.9. The first-order valence-electron chi connectivity index (χ1n) is 7.24. The summed E-state index contributed by atoms with van der Waals surface area (Å²) in [6.07, 6.45) is 6.59. The normalized spacial score (nSPS) is 10.4. The van der Waals surface area contributed by atoms with Crippen molar-refractivity contribution >= 4 is 5.97 Å². The van der Waals surface area contributed by atoms with Crippen molar-refractivity contribution in [2.45, 2.75) is 45.4 Å². The van der Waals surface area contributed by atoms with E-state index in [1.807, 2.05) is 18.2 Å². The summed E-state index contributed by atoms with van der Waals surface area (Å²) in [6, 6.07) is 7.52. The molecule has 0 saturated heterocycles. The van der Waals surface area contributed by atoms with Crippen molar-refractivity contribution in [3.8, 4) is 0 Å². The summed E-state index contributed by atoms with van der Waals surface area (Å²) in [7, 11) is 0. The Balaban J connectivity index is 2.30. The second kappa shape index (κ2) is 9.56. The molecular weight excluding hydrogens is 238 g/mol. The molecule has 0 atom stereocenters. The van der Waals surface area contributed by atoms with Gasteiger partial charge in [0.15, 0.2) is 0 Å². The van der Waals surface area contributed by atoms with E-state index in [4.69, 9.17) is 10.5 Å². The lowest BCUT2D eigenvalue weighted by molar-refractivity contribution is 0.0497. The number of esters is 1. The Hall–Kier alpha value is -1.35. The summed E-state index contributed by atoms with van der Waals surface area (Å²) >= 11 is 0. The van der Waals surface area contributed by atoms with Crippen LogP contribution in [0.4, 0.5) is 0 Å². The maximum atomic E-state index is 11.8. The third kappa shape index (κ3) is 6.39. The van der Waals surface area contributed by atoms with E-state index in [0.717, 1.165) is 24.8 Å². The summed E-state index contributed by atoms with van der Waals surface area (Å²) in [6.45, 7) is 3.30. The van der Waals surface area contributed by atoms with E-state index < -0.39 is 0 Å². The average Bonchev–Trinajstić information content (AvgIpc) is 2.43. The molecule has 0 aromatic heterocycles. The van der Waals surface area contributed by atoms with Crippen LogP contribution in [0.15, 0.2) is 24.3 Å². The molecule has 2 N–H and O–H groups in total. The third-order valence-electron chi connectivity index (χ3n) is 3.08. The van der Waals surface area contributed by atoms with E-state index in [1.54, 1.807) is 6.07 Å². The van der Waals surface area contributed by atoms with Gasteiger partial charge in [-0.15, -0.1) is 0 Å². The standard InChI is InChI=1S/C16H25NO2/c1-2-3-4-5-6-12-19-16(18)15-9-7-8-14(13-15)10-11-17/h7-9,13H,2-6,10-12,17H2,1H3. The van der Waals surface area contributed by atoms with Crippen LogP contribution in [0.25, 0.3) is 0 Å². The minimum Gasteiger partial charge on any atom is -0.462 e. The lowest BCUT2D eigenvalue weighted by Crippen LogP contribution is -2.08. The molecule has 0 unspecified atom stereocenters. The van der Waals surface area contributed by atoms with Crippen LogP contribution in [-0.4, -0.2) is 19.1 Å². The molecule has 0 radical (unpaired) electrons. The van der Waals surface area contributed by atoms with E-state index in [2.05, 4.69) is 6.92 Å². The van der Waals surface area contributed by atoms with Crippen molar-refractivity contribution in [2.24, 2.45) is 5.73 Å². The van der Waals surface area contributed by atoms with Gasteiger partial charge < -0.3 is 10.5 Å². The molecule has 0 aliphatic carbocycles. The van der Waals surface area contributed by atoms with Crippen molar-refractivity contribution in [1.82, 2.24) is 0 Å². The highest BCUT2D eigenvalue weighted by Crippen LogP contribution is 2.08. The SMILES string of the molecule is CCCCCCCOC(=O)c1cccc(CCN)c1. The van der Waals surface area contributed by atoms with Gasteiger partial charge in [0.05, 0.1) is 12.2 Å². The molecule has 3 heteroatoms. The lowest BCUT2D eigenvalue weighted by atomic mass is 10.1. The van der Waals surface area contributed by atoms with Gasteiger partial charge in [-0.3, -0.25) is 0 Å². The molecule has 0 aliphatic heterocycles. The van der Waals surface area contributed by atoms with E-state index in [1.165, 1.54) is 19.3 Å². The maximum Gasteiger partial charge on any atom is 0.338 e. The van der Waals surface area contributed by atoms with Crippen LogP contribution in [0.3, 0.4) is 0 Å². The molecule has 1 aromatic carbocycles. The molecule has 106 valence electrons. The average molecular weight is 263 g/mol. The monoisotopic (exact) mass is 263 g/mol. The Bertz CT molecular complexity index is 377. The Kier molecular flexibility index (Phi) is 7.91. The number of rotatable bonds is 9. The number of carbonyl (C=O) groups is 1. The summed E-state index contributed by atoms with van der Waals surface area (Å²) in [4.78, 5) is 11.8. The highest BCUT2D eigenvalue weighted by Gasteiger charge is 2.07. The molecule has 1 aromatic rings. The quantitative estimate of drug-likeness (QED) is 0.549. The number of benzene rings is 1. The lowest BCUT2D eigenvalue weighted by Gasteiger charge is -2.06. The minimum atomic E-state index is -0.227. The Morgan fingerprint density at radius 1 is 1.21 bits per heavy atom. The van der Waals surface area contributed by atoms with Crippen molar-refractivity contribution in [3.05, 3.63) is 35.4 Å². The molecule has 0 aliphatic rings. The van der Waals surface area contributed by atoms with Gasteiger partial charge in [0.25, 0.3) is 0 Å². The molecule has 0 fully saturated rings. The van der Waals surface area contributed by atoms with Gasteiger partial charge in [0.1, 0.15) is 0 Å². The van der Waals surface area contributed by atoms with Gasteiger partial charge in [-0.25, -0.2) is 4.79 Å². The first kappa shape index (κ1) is 15.7. The fraction of sp³-hybridized carbons (Fsp3) is 0.562. The van der Waals surface area contributed by atoms with Crippen LogP contribution < -0.4 is 5.73 Å². The zero-order valence-electron chi connectivity index (χ0n) is 11.9. The van der Waals surface area contributed by atoms with Crippen LogP contribution in [0.2, 0.25) is 0 Å². The number of unbranched alkanes of at least 4 members (excludes halogenated alkanes) is 4. The number of carbonyl (C=O) groups excluding carboxylic acids is 1. The first-order chi connectivity index (χ1) is 9.27. The van der Waals surface area contributed by atoms with Crippen LogP contribution in [0, 0.1) is 0 Å². The number of nitrogens with two attached hydrogens (primary N) is 1. The molecule has 1 rings (SSSR count). The van der Waals surface area contributed by atoms with E-state index in [-0.39, 0.29) is 5.97 Å². The minimum absolute atomic E-state index is 0.227. The first-order valence-corrected chi connectivity index (χ1v) is 7.24. The number of hydrogen-bond acceptors (Lipinski definition) is 3. The molecule has 0 spiro atoms. The molecule has 0 amide bonds. The predicted octanol–water partition coefficient (Wildman–Crippen LogP) is 3.32. The molecular formula is C16H25NO2. The highest BCUT2D eigenvalue weighted by atomic mass is 16.5. The molecule has 0 bridgehead atoms. The molecule has 3 nitrogen and oxygen atoms in total. The summed E-state index contributed by atoms with van der Waals surface area (Å²) in [5, 5.41) is 0. The van der Waals surface area contributed by atoms with Gasteiger partial charge in [-0.05, 0) is 37.1 Å². The van der Waals surface area contributed by atoms with Crippen LogP contribution in [0.1, 0.15) is 54.9 Å². The number of ether oxygens (including phenoxy) is 1. The second-order valence-electron chi connectivity index (χ2n) is 4.79. The fourth-order valence-electron chi connectivity index (χ4n) is 1.97. The van der Waals surface area contributed by atoms with Crippen molar-refractivity contribution in [2.75, 3.05) is 13.2 Å². The Labute approximate surface area is 116 Å². The largest absolute Gasteiger partial charge is 0.462 e. The van der Waals surface area contributed by atoms with Crippen LogP contribution in [-0.2, 0) is 11.2 Å². The fourth-order valence-corrected chi connectivity index (χ4v) is 1.97. The van der Waals surface area contributed by atoms with Crippen LogP contribution in [0.5, 0.6) is 0 Å². The number of hydrogen-bond donors (Lipinski definition) is 1. The maximum absolute atomic E-state index is 11.8. The molecule has 0 saturated carbocycles.